The van der Waals surface area contributed by atoms with E-state index >= 15 is 0 Å². The summed E-state index contributed by atoms with van der Waals surface area (Å²) >= 11 is 0. The van der Waals surface area contributed by atoms with Gasteiger partial charge in [-0.3, -0.25) is 4.79 Å². The van der Waals surface area contributed by atoms with E-state index < -0.39 is 17.6 Å². The second kappa shape index (κ2) is 12.9. The third-order valence-corrected chi connectivity index (χ3v) is 15.6. The van der Waals surface area contributed by atoms with E-state index in [4.69, 9.17) is 15.2 Å². The maximum atomic E-state index is 12.6. The largest absolute Gasteiger partial charge is 0.460 e. The first-order valence-electron chi connectivity index (χ1n) is 18.6. The minimum absolute atomic E-state index is 0.0612. The molecule has 0 saturated heterocycles. The van der Waals surface area contributed by atoms with Crippen LogP contribution in [0.15, 0.2) is 11.6 Å². The van der Waals surface area contributed by atoms with Crippen molar-refractivity contribution in [3.05, 3.63) is 11.6 Å². The van der Waals surface area contributed by atoms with Gasteiger partial charge in [0.1, 0.15) is 12.4 Å². The Labute approximate surface area is 281 Å². The van der Waals surface area contributed by atoms with Gasteiger partial charge in [-0.1, -0.05) is 74.0 Å². The Bertz CT molecular complexity index is 1160. The van der Waals surface area contributed by atoms with E-state index in [1.165, 1.54) is 12.5 Å². The molecule has 0 aromatic carbocycles. The standard InChI is InChI=1S/C40H69NO5/c1-13-36(9,41)21-23-45-34-32(46-28(6)44)24-40(27(5)43)31-16-18-38(11)26(4)37(10,29(17-22-42)25(2)3)19-20-39(38,12)30(31)14-15-33(40)35(34,7)8/h16,22,25-27,29-30,32-34,43H,13-15,17-21,23-24,41H2,1-12H3. The van der Waals surface area contributed by atoms with Crippen molar-refractivity contribution in [3.63, 3.8) is 0 Å². The lowest BCUT2D eigenvalue weighted by Gasteiger charge is -2.71. The van der Waals surface area contributed by atoms with Crippen LogP contribution in [0, 0.1) is 56.7 Å². The predicted molar refractivity (Wildman–Crippen MR) is 186 cm³/mol. The van der Waals surface area contributed by atoms with Crippen LogP contribution in [0.2, 0.25) is 0 Å². The molecule has 12 atom stereocenters. The number of carbonyl (C=O) groups excluding carboxylic acids is 2. The first-order valence-corrected chi connectivity index (χ1v) is 18.6. The predicted octanol–water partition coefficient (Wildman–Crippen LogP) is 8.28. The summed E-state index contributed by atoms with van der Waals surface area (Å²) in [6.07, 6.45) is 10.5. The number of carbonyl (C=O) groups is 2. The van der Waals surface area contributed by atoms with Crippen molar-refractivity contribution in [1.29, 1.82) is 0 Å². The summed E-state index contributed by atoms with van der Waals surface area (Å²) < 4.78 is 12.9. The summed E-state index contributed by atoms with van der Waals surface area (Å²) in [4.78, 5) is 24.5. The van der Waals surface area contributed by atoms with Gasteiger partial charge < -0.3 is 25.1 Å². The highest BCUT2D eigenvalue weighted by atomic mass is 16.6. The van der Waals surface area contributed by atoms with E-state index in [-0.39, 0.29) is 45.2 Å². The molecular formula is C40H69NO5. The molecule has 4 aliphatic carbocycles. The number of ether oxygens (including phenoxy) is 2. The Kier molecular flexibility index (Phi) is 10.5. The molecule has 6 nitrogen and oxygen atoms in total. The average molecular weight is 644 g/mol. The molecule has 0 radical (unpaired) electrons. The molecule has 3 fully saturated rings. The number of nitrogens with two attached hydrogens (primary N) is 1. The van der Waals surface area contributed by atoms with Gasteiger partial charge >= 0.3 is 5.97 Å². The summed E-state index contributed by atoms with van der Waals surface area (Å²) in [5, 5.41) is 12.0. The van der Waals surface area contributed by atoms with Gasteiger partial charge in [0.2, 0.25) is 0 Å². The molecule has 0 aromatic rings. The number of esters is 1. The van der Waals surface area contributed by atoms with Gasteiger partial charge in [0, 0.05) is 30.9 Å². The van der Waals surface area contributed by atoms with Crippen LogP contribution in [0.5, 0.6) is 0 Å². The summed E-state index contributed by atoms with van der Waals surface area (Å²) in [5.74, 6) is 1.49. The first-order chi connectivity index (χ1) is 21.2. The molecule has 264 valence electrons. The summed E-state index contributed by atoms with van der Waals surface area (Å²) in [6, 6.07) is 0. The Morgan fingerprint density at radius 2 is 1.78 bits per heavy atom. The van der Waals surface area contributed by atoms with E-state index in [2.05, 4.69) is 75.3 Å². The van der Waals surface area contributed by atoms with Gasteiger partial charge in [-0.15, -0.1) is 0 Å². The average Bonchev–Trinajstić information content (AvgIpc) is 2.96. The molecule has 0 bridgehead atoms. The fourth-order valence-corrected chi connectivity index (χ4v) is 12.1. The number of aliphatic hydroxyl groups excluding tert-OH is 1. The highest BCUT2D eigenvalue weighted by molar-refractivity contribution is 5.66. The highest BCUT2D eigenvalue weighted by Gasteiger charge is 2.69. The van der Waals surface area contributed by atoms with Crippen LogP contribution >= 0.6 is 0 Å². The number of hydrogen-bond acceptors (Lipinski definition) is 6. The Balaban J connectivity index is 1.78. The molecule has 3 N–H and O–H groups in total. The lowest BCUT2D eigenvalue weighted by atomic mass is 9.34. The maximum absolute atomic E-state index is 12.6. The van der Waals surface area contributed by atoms with Crippen LogP contribution in [0.1, 0.15) is 141 Å². The number of rotatable bonds is 11. The van der Waals surface area contributed by atoms with Crippen LogP contribution in [-0.2, 0) is 19.1 Å². The zero-order valence-electron chi connectivity index (χ0n) is 31.5. The number of aldehydes is 1. The van der Waals surface area contributed by atoms with E-state index in [0.29, 0.717) is 43.1 Å². The Morgan fingerprint density at radius 1 is 1.13 bits per heavy atom. The van der Waals surface area contributed by atoms with Crippen molar-refractivity contribution in [1.82, 2.24) is 0 Å². The summed E-state index contributed by atoms with van der Waals surface area (Å²) in [5.41, 5.74) is 6.97. The first kappa shape index (κ1) is 37.6. The Morgan fingerprint density at radius 3 is 2.33 bits per heavy atom. The van der Waals surface area contributed by atoms with Crippen LogP contribution in [0.25, 0.3) is 0 Å². The molecule has 0 amide bonds. The van der Waals surface area contributed by atoms with Crippen molar-refractivity contribution in [2.75, 3.05) is 6.61 Å². The molecule has 46 heavy (non-hydrogen) atoms. The van der Waals surface area contributed by atoms with Gasteiger partial charge in [-0.05, 0) is 116 Å². The topological polar surface area (TPSA) is 98.8 Å². The number of fused-ring (bicyclic) bond motifs is 5. The lowest BCUT2D eigenvalue weighted by molar-refractivity contribution is -0.231. The van der Waals surface area contributed by atoms with Crippen molar-refractivity contribution in [2.24, 2.45) is 62.4 Å². The fourth-order valence-electron chi connectivity index (χ4n) is 12.1. The molecule has 4 aliphatic rings. The van der Waals surface area contributed by atoms with E-state index in [1.807, 2.05) is 6.92 Å². The normalized spacial score (nSPS) is 42.8. The molecule has 0 spiro atoms. The summed E-state index contributed by atoms with van der Waals surface area (Å²) in [7, 11) is 0. The third kappa shape index (κ3) is 5.76. The molecule has 4 rings (SSSR count). The van der Waals surface area contributed by atoms with Crippen LogP contribution in [0.3, 0.4) is 0 Å². The van der Waals surface area contributed by atoms with Gasteiger partial charge in [0.25, 0.3) is 0 Å². The second-order valence-electron chi connectivity index (χ2n) is 18.3. The van der Waals surface area contributed by atoms with Gasteiger partial charge in [0.15, 0.2) is 0 Å². The van der Waals surface area contributed by atoms with Crippen molar-refractivity contribution < 1.29 is 24.2 Å². The fraction of sp³-hybridized carbons (Fsp3) is 0.900. The SMILES string of the molecule is CCC(C)(N)CCOC1C(OC(C)=O)CC2(C(C)O)C3=CCC4(C)C(C)C(C)(C(CC=O)C(C)C)CCC4(C)C3CCC2C1(C)C. The maximum Gasteiger partial charge on any atom is 0.302 e. The number of aliphatic hydroxyl groups is 1. The van der Waals surface area contributed by atoms with Gasteiger partial charge in [-0.25, -0.2) is 0 Å². The third-order valence-electron chi connectivity index (χ3n) is 15.6. The molecule has 0 heterocycles. The lowest BCUT2D eigenvalue weighted by Crippen LogP contribution is -2.67. The van der Waals surface area contributed by atoms with E-state index in [1.54, 1.807) is 0 Å². The zero-order chi connectivity index (χ0) is 34.7. The van der Waals surface area contributed by atoms with Gasteiger partial charge in [-0.2, -0.15) is 0 Å². The minimum atomic E-state index is -0.589. The highest BCUT2D eigenvalue weighted by Crippen LogP contribution is 2.74. The number of hydrogen-bond donors (Lipinski definition) is 2. The van der Waals surface area contributed by atoms with Crippen molar-refractivity contribution >= 4 is 12.3 Å². The Hall–Kier alpha value is -1.24. The molecular weight excluding hydrogens is 574 g/mol. The van der Waals surface area contributed by atoms with Crippen molar-refractivity contribution in [2.45, 2.75) is 165 Å². The summed E-state index contributed by atoms with van der Waals surface area (Å²) in [6.45, 7) is 27.3. The quantitative estimate of drug-likeness (QED) is 0.134. The van der Waals surface area contributed by atoms with Crippen LogP contribution < -0.4 is 5.73 Å². The zero-order valence-corrected chi connectivity index (χ0v) is 31.5. The van der Waals surface area contributed by atoms with Crippen molar-refractivity contribution in [3.8, 4) is 0 Å². The smallest absolute Gasteiger partial charge is 0.302 e. The molecule has 12 unspecified atom stereocenters. The number of allylic oxidation sites excluding steroid dienone is 1. The second-order valence-corrected chi connectivity index (χ2v) is 18.3. The van der Waals surface area contributed by atoms with E-state index in [0.717, 1.165) is 51.2 Å². The minimum Gasteiger partial charge on any atom is -0.460 e. The molecule has 0 aromatic heterocycles. The van der Waals surface area contributed by atoms with Gasteiger partial charge in [0.05, 0.1) is 12.2 Å². The van der Waals surface area contributed by atoms with Crippen LogP contribution in [0.4, 0.5) is 0 Å². The molecule has 0 aliphatic heterocycles. The molecule has 3 saturated carbocycles. The monoisotopic (exact) mass is 644 g/mol. The van der Waals surface area contributed by atoms with Crippen LogP contribution in [-0.4, -0.2) is 47.8 Å². The molecule has 6 heteroatoms. The van der Waals surface area contributed by atoms with E-state index in [9.17, 15) is 14.7 Å².